The van der Waals surface area contributed by atoms with Crippen molar-refractivity contribution in [2.24, 2.45) is 17.8 Å². The van der Waals surface area contributed by atoms with Crippen LogP contribution >= 0.6 is 11.3 Å². The zero-order chi connectivity index (χ0) is 21.6. The number of hydrogen-bond donors (Lipinski definition) is 2. The van der Waals surface area contributed by atoms with Gasteiger partial charge in [-0.05, 0) is 49.0 Å². The van der Waals surface area contributed by atoms with Gasteiger partial charge in [-0.15, -0.1) is 11.3 Å². The summed E-state index contributed by atoms with van der Waals surface area (Å²) < 4.78 is 0. The molecule has 0 saturated carbocycles. The van der Waals surface area contributed by atoms with Crippen molar-refractivity contribution < 1.29 is 14.4 Å². The van der Waals surface area contributed by atoms with Crippen LogP contribution in [-0.2, 0) is 9.59 Å². The van der Waals surface area contributed by atoms with Crippen LogP contribution in [0.5, 0.6) is 0 Å². The monoisotopic (exact) mass is 421 g/mol. The van der Waals surface area contributed by atoms with Crippen LogP contribution in [0, 0.1) is 17.8 Å². The van der Waals surface area contributed by atoms with Crippen LogP contribution in [0.15, 0.2) is 17.5 Å². The van der Waals surface area contributed by atoms with Crippen molar-refractivity contribution in [3.05, 3.63) is 22.4 Å². The molecular formula is C22H35N3O3S. The summed E-state index contributed by atoms with van der Waals surface area (Å²) in [7, 11) is 0. The van der Waals surface area contributed by atoms with Crippen molar-refractivity contribution in [3.63, 3.8) is 0 Å². The SMILES string of the molecule is CC(C)CC(=O)N1CCC(C(NC(=O)c2cccs2)C(=O)NC(C)C(C)C)CC1. The van der Waals surface area contributed by atoms with E-state index >= 15 is 0 Å². The van der Waals surface area contributed by atoms with Crippen LogP contribution in [0.4, 0.5) is 0 Å². The van der Waals surface area contributed by atoms with Crippen molar-refractivity contribution in [3.8, 4) is 0 Å². The Labute approximate surface area is 178 Å². The van der Waals surface area contributed by atoms with Gasteiger partial charge in [0.1, 0.15) is 6.04 Å². The molecule has 162 valence electrons. The largest absolute Gasteiger partial charge is 0.352 e. The minimum absolute atomic E-state index is 0.0152. The van der Waals surface area contributed by atoms with E-state index < -0.39 is 6.04 Å². The number of hydrogen-bond acceptors (Lipinski definition) is 4. The van der Waals surface area contributed by atoms with Gasteiger partial charge in [-0.3, -0.25) is 14.4 Å². The molecule has 3 amide bonds. The van der Waals surface area contributed by atoms with Crippen LogP contribution in [-0.4, -0.2) is 47.8 Å². The molecule has 0 aliphatic carbocycles. The second-order valence-electron chi connectivity index (χ2n) is 8.79. The molecule has 29 heavy (non-hydrogen) atoms. The molecule has 6 nitrogen and oxygen atoms in total. The summed E-state index contributed by atoms with van der Waals surface area (Å²) in [5.41, 5.74) is 0. The Morgan fingerprint density at radius 2 is 1.76 bits per heavy atom. The van der Waals surface area contributed by atoms with Gasteiger partial charge in [-0.25, -0.2) is 0 Å². The predicted octanol–water partition coefficient (Wildman–Crippen LogP) is 3.29. The van der Waals surface area contributed by atoms with Crippen molar-refractivity contribution >= 4 is 29.1 Å². The van der Waals surface area contributed by atoms with E-state index in [0.29, 0.717) is 49.1 Å². The number of likely N-dealkylation sites (tertiary alicyclic amines) is 1. The van der Waals surface area contributed by atoms with E-state index in [1.807, 2.05) is 37.1 Å². The van der Waals surface area contributed by atoms with Gasteiger partial charge in [0.25, 0.3) is 5.91 Å². The third-order valence-electron chi connectivity index (χ3n) is 5.63. The molecule has 2 heterocycles. The highest BCUT2D eigenvalue weighted by atomic mass is 32.1. The first-order valence-corrected chi connectivity index (χ1v) is 11.5. The van der Waals surface area contributed by atoms with E-state index in [9.17, 15) is 14.4 Å². The number of nitrogens with one attached hydrogen (secondary N) is 2. The molecular weight excluding hydrogens is 386 g/mol. The zero-order valence-corrected chi connectivity index (χ0v) is 19.1. The van der Waals surface area contributed by atoms with Gasteiger partial charge in [0, 0.05) is 25.6 Å². The summed E-state index contributed by atoms with van der Waals surface area (Å²) in [4.78, 5) is 40.5. The molecule has 1 saturated heterocycles. The lowest BCUT2D eigenvalue weighted by atomic mass is 9.88. The normalized spacial score (nSPS) is 17.3. The molecule has 0 radical (unpaired) electrons. The van der Waals surface area contributed by atoms with E-state index in [2.05, 4.69) is 24.5 Å². The highest BCUT2D eigenvalue weighted by molar-refractivity contribution is 7.12. The van der Waals surface area contributed by atoms with E-state index in [1.54, 1.807) is 6.07 Å². The molecule has 2 unspecified atom stereocenters. The molecule has 2 N–H and O–H groups in total. The second-order valence-corrected chi connectivity index (χ2v) is 9.73. The highest BCUT2D eigenvalue weighted by Gasteiger charge is 2.34. The molecule has 1 aliphatic heterocycles. The fourth-order valence-electron chi connectivity index (χ4n) is 3.46. The lowest BCUT2D eigenvalue weighted by molar-refractivity contribution is -0.133. The summed E-state index contributed by atoms with van der Waals surface area (Å²) in [5, 5.41) is 7.87. The van der Waals surface area contributed by atoms with Gasteiger partial charge in [-0.2, -0.15) is 0 Å². The Bertz CT molecular complexity index is 679. The fourth-order valence-corrected chi connectivity index (χ4v) is 4.09. The summed E-state index contributed by atoms with van der Waals surface area (Å²) >= 11 is 1.36. The Morgan fingerprint density at radius 1 is 1.10 bits per heavy atom. The molecule has 0 bridgehead atoms. The molecule has 2 rings (SSSR count). The van der Waals surface area contributed by atoms with Gasteiger partial charge in [0.15, 0.2) is 0 Å². The Hall–Kier alpha value is -1.89. The standard InChI is InChI=1S/C22H35N3O3S/c1-14(2)13-19(26)25-10-8-17(9-11-25)20(22(28)23-16(5)15(3)4)24-21(27)18-7-6-12-29-18/h6-7,12,14-17,20H,8-11,13H2,1-5H3,(H,23,28)(H,24,27). The fraction of sp³-hybridized carbons (Fsp3) is 0.682. The van der Waals surface area contributed by atoms with Gasteiger partial charge in [-0.1, -0.05) is 33.8 Å². The van der Waals surface area contributed by atoms with Crippen LogP contribution in [0.1, 0.15) is 63.6 Å². The molecule has 1 fully saturated rings. The van der Waals surface area contributed by atoms with Crippen LogP contribution in [0.2, 0.25) is 0 Å². The summed E-state index contributed by atoms with van der Waals surface area (Å²) in [6, 6.07) is 3.03. The van der Waals surface area contributed by atoms with E-state index in [-0.39, 0.29) is 29.7 Å². The Kier molecular flexibility index (Phi) is 8.68. The van der Waals surface area contributed by atoms with E-state index in [1.165, 1.54) is 11.3 Å². The first-order chi connectivity index (χ1) is 13.7. The average molecular weight is 422 g/mol. The van der Waals surface area contributed by atoms with Gasteiger partial charge in [0.2, 0.25) is 11.8 Å². The maximum Gasteiger partial charge on any atom is 0.262 e. The Morgan fingerprint density at radius 3 is 2.28 bits per heavy atom. The quantitative estimate of drug-likeness (QED) is 0.676. The third-order valence-corrected chi connectivity index (χ3v) is 6.50. The van der Waals surface area contributed by atoms with E-state index in [0.717, 1.165) is 0 Å². The topological polar surface area (TPSA) is 78.5 Å². The minimum atomic E-state index is -0.590. The van der Waals surface area contributed by atoms with E-state index in [4.69, 9.17) is 0 Å². The molecule has 1 aliphatic rings. The Balaban J connectivity index is 2.06. The smallest absolute Gasteiger partial charge is 0.262 e. The number of thiophene rings is 1. The number of rotatable bonds is 8. The molecule has 0 aromatic carbocycles. The first kappa shape index (κ1) is 23.4. The lowest BCUT2D eigenvalue weighted by Crippen LogP contribution is -2.55. The molecule has 7 heteroatoms. The number of carbonyl (C=O) groups excluding carboxylic acids is 3. The van der Waals surface area contributed by atoms with Crippen LogP contribution in [0.3, 0.4) is 0 Å². The molecule has 0 spiro atoms. The zero-order valence-electron chi connectivity index (χ0n) is 18.2. The first-order valence-electron chi connectivity index (χ1n) is 10.6. The van der Waals surface area contributed by atoms with Crippen LogP contribution in [0.25, 0.3) is 0 Å². The van der Waals surface area contributed by atoms with Crippen molar-refractivity contribution in [2.45, 2.75) is 66.0 Å². The molecule has 1 aromatic rings. The maximum absolute atomic E-state index is 13.0. The number of nitrogens with zero attached hydrogens (tertiary/aromatic N) is 1. The van der Waals surface area contributed by atoms with Gasteiger partial charge < -0.3 is 15.5 Å². The van der Waals surface area contributed by atoms with Crippen molar-refractivity contribution in [2.75, 3.05) is 13.1 Å². The molecule has 1 aromatic heterocycles. The van der Waals surface area contributed by atoms with Gasteiger partial charge in [0.05, 0.1) is 4.88 Å². The highest BCUT2D eigenvalue weighted by Crippen LogP contribution is 2.23. The lowest BCUT2D eigenvalue weighted by Gasteiger charge is -2.36. The summed E-state index contributed by atoms with van der Waals surface area (Å²) in [6.45, 7) is 11.4. The van der Waals surface area contributed by atoms with Crippen LogP contribution < -0.4 is 10.6 Å². The van der Waals surface area contributed by atoms with Crippen molar-refractivity contribution in [1.29, 1.82) is 0 Å². The second kappa shape index (κ2) is 10.8. The maximum atomic E-state index is 13.0. The third kappa shape index (κ3) is 6.84. The minimum Gasteiger partial charge on any atom is -0.352 e. The predicted molar refractivity (Wildman–Crippen MR) is 117 cm³/mol. The summed E-state index contributed by atoms with van der Waals surface area (Å²) in [6.07, 6.45) is 1.97. The summed E-state index contributed by atoms with van der Waals surface area (Å²) in [5.74, 6) is 0.486. The average Bonchev–Trinajstić information content (AvgIpc) is 3.20. The number of carbonyl (C=O) groups is 3. The number of amides is 3. The molecule has 2 atom stereocenters. The van der Waals surface area contributed by atoms with Crippen molar-refractivity contribution in [1.82, 2.24) is 15.5 Å². The van der Waals surface area contributed by atoms with Gasteiger partial charge >= 0.3 is 0 Å². The number of piperidine rings is 1.